The van der Waals surface area contributed by atoms with E-state index < -0.39 is 11.9 Å². The molecule has 1 atom stereocenters. The van der Waals surface area contributed by atoms with E-state index in [0.29, 0.717) is 17.7 Å². The molecule has 0 aromatic heterocycles. The van der Waals surface area contributed by atoms with Gasteiger partial charge in [0.25, 0.3) is 0 Å². The fourth-order valence-electron chi connectivity index (χ4n) is 1.68. The third kappa shape index (κ3) is 3.32. The van der Waals surface area contributed by atoms with Gasteiger partial charge in [0.05, 0.1) is 13.7 Å². The number of ether oxygens (including phenoxy) is 2. The number of hydrogen-bond donors (Lipinski definition) is 0. The van der Waals surface area contributed by atoms with Crippen molar-refractivity contribution in [2.24, 2.45) is 5.92 Å². The zero-order valence-corrected chi connectivity index (χ0v) is 10.9. The Morgan fingerprint density at radius 2 is 2.00 bits per heavy atom. The lowest BCUT2D eigenvalue weighted by atomic mass is 9.95. The first-order chi connectivity index (χ1) is 8.63. The molecule has 1 aromatic rings. The smallest absolute Gasteiger partial charge is 0.316 e. The van der Waals surface area contributed by atoms with E-state index in [0.717, 1.165) is 0 Å². The number of rotatable bonds is 6. The van der Waals surface area contributed by atoms with Crippen LogP contribution in [0.3, 0.4) is 0 Å². The van der Waals surface area contributed by atoms with Gasteiger partial charge in [-0.2, -0.15) is 0 Å². The second-order valence-electron chi connectivity index (χ2n) is 3.81. The van der Waals surface area contributed by atoms with Crippen molar-refractivity contribution in [1.29, 1.82) is 0 Å². The number of hydrogen-bond acceptors (Lipinski definition) is 4. The van der Waals surface area contributed by atoms with Crippen LogP contribution in [0.15, 0.2) is 24.3 Å². The highest BCUT2D eigenvalue weighted by atomic mass is 16.5. The summed E-state index contributed by atoms with van der Waals surface area (Å²) >= 11 is 0. The van der Waals surface area contributed by atoms with E-state index in [-0.39, 0.29) is 12.4 Å². The van der Waals surface area contributed by atoms with Crippen molar-refractivity contribution in [3.63, 3.8) is 0 Å². The van der Waals surface area contributed by atoms with E-state index in [2.05, 4.69) is 0 Å². The fourth-order valence-corrected chi connectivity index (χ4v) is 1.68. The number of Topliss-reactive ketones (excluding diaryl/α,β-unsaturated/α-hetero) is 1. The first-order valence-electron chi connectivity index (χ1n) is 5.98. The Morgan fingerprint density at radius 3 is 2.56 bits per heavy atom. The largest absolute Gasteiger partial charge is 0.497 e. The Balaban J connectivity index is 2.92. The summed E-state index contributed by atoms with van der Waals surface area (Å²) in [5, 5.41) is 0. The normalized spacial score (nSPS) is 11.7. The van der Waals surface area contributed by atoms with Crippen molar-refractivity contribution in [3.8, 4) is 5.75 Å². The molecule has 0 radical (unpaired) electrons. The SMILES string of the molecule is CCOC(=O)[C@@H](CC)C(=O)c1cccc(OC)c1. The maximum Gasteiger partial charge on any atom is 0.316 e. The Bertz CT molecular complexity index is 426. The molecule has 0 aliphatic heterocycles. The summed E-state index contributed by atoms with van der Waals surface area (Å²) < 4.78 is 9.96. The Morgan fingerprint density at radius 1 is 1.28 bits per heavy atom. The minimum absolute atomic E-state index is 0.227. The van der Waals surface area contributed by atoms with Crippen LogP contribution in [-0.4, -0.2) is 25.5 Å². The van der Waals surface area contributed by atoms with Gasteiger partial charge in [-0.05, 0) is 25.5 Å². The Kier molecular flexibility index (Phi) is 5.36. The molecule has 98 valence electrons. The number of benzene rings is 1. The van der Waals surface area contributed by atoms with Gasteiger partial charge < -0.3 is 9.47 Å². The van der Waals surface area contributed by atoms with Crippen LogP contribution < -0.4 is 4.74 Å². The lowest BCUT2D eigenvalue weighted by Crippen LogP contribution is -2.25. The highest BCUT2D eigenvalue weighted by molar-refractivity contribution is 6.08. The topological polar surface area (TPSA) is 52.6 Å². The monoisotopic (exact) mass is 250 g/mol. The van der Waals surface area contributed by atoms with Crippen molar-refractivity contribution in [2.45, 2.75) is 20.3 Å². The second-order valence-corrected chi connectivity index (χ2v) is 3.81. The lowest BCUT2D eigenvalue weighted by molar-refractivity contribution is -0.146. The quantitative estimate of drug-likeness (QED) is 0.442. The van der Waals surface area contributed by atoms with Gasteiger partial charge >= 0.3 is 5.97 Å². The number of carbonyl (C=O) groups is 2. The van der Waals surface area contributed by atoms with Crippen LogP contribution in [0.1, 0.15) is 30.6 Å². The van der Waals surface area contributed by atoms with Crippen LogP contribution in [0.4, 0.5) is 0 Å². The fraction of sp³-hybridized carbons (Fsp3) is 0.429. The molecule has 0 spiro atoms. The van der Waals surface area contributed by atoms with E-state index in [4.69, 9.17) is 9.47 Å². The predicted molar refractivity (Wildman–Crippen MR) is 67.7 cm³/mol. The maximum absolute atomic E-state index is 12.2. The summed E-state index contributed by atoms with van der Waals surface area (Å²) in [5.74, 6) is -0.834. The number of methoxy groups -OCH3 is 1. The standard InChI is InChI=1S/C14H18O4/c1-4-12(14(16)18-5-2)13(15)10-7-6-8-11(9-10)17-3/h6-9,12H,4-5H2,1-3H3/t12-/m0/s1. The van der Waals surface area contributed by atoms with Crippen molar-refractivity contribution in [3.05, 3.63) is 29.8 Å². The molecule has 0 N–H and O–H groups in total. The summed E-state index contributed by atoms with van der Waals surface area (Å²) in [4.78, 5) is 23.9. The summed E-state index contributed by atoms with van der Waals surface area (Å²) in [5.41, 5.74) is 0.467. The molecular weight excluding hydrogens is 232 g/mol. The molecule has 1 aromatic carbocycles. The van der Waals surface area contributed by atoms with Gasteiger partial charge in [-0.25, -0.2) is 0 Å². The average molecular weight is 250 g/mol. The number of ketones is 1. The van der Waals surface area contributed by atoms with Crippen LogP contribution in [0.2, 0.25) is 0 Å². The lowest BCUT2D eigenvalue weighted by Gasteiger charge is -2.12. The summed E-state index contributed by atoms with van der Waals surface area (Å²) in [6, 6.07) is 6.78. The molecule has 0 saturated carbocycles. The third-order valence-corrected chi connectivity index (χ3v) is 2.65. The van der Waals surface area contributed by atoms with Gasteiger partial charge in [-0.15, -0.1) is 0 Å². The predicted octanol–water partition coefficient (Wildman–Crippen LogP) is 2.47. The molecule has 4 heteroatoms. The molecular formula is C14H18O4. The second kappa shape index (κ2) is 6.79. The minimum Gasteiger partial charge on any atom is -0.497 e. The number of carbonyl (C=O) groups excluding carboxylic acids is 2. The van der Waals surface area contributed by atoms with E-state index in [9.17, 15) is 9.59 Å². The van der Waals surface area contributed by atoms with Crippen molar-refractivity contribution >= 4 is 11.8 Å². The molecule has 18 heavy (non-hydrogen) atoms. The van der Waals surface area contributed by atoms with Crippen LogP contribution in [0, 0.1) is 5.92 Å². The van der Waals surface area contributed by atoms with Crippen LogP contribution in [0.5, 0.6) is 5.75 Å². The van der Waals surface area contributed by atoms with Crippen LogP contribution in [-0.2, 0) is 9.53 Å². The first kappa shape index (κ1) is 14.2. The summed E-state index contributed by atoms with van der Waals surface area (Å²) in [7, 11) is 1.53. The van der Waals surface area contributed by atoms with E-state index >= 15 is 0 Å². The highest BCUT2D eigenvalue weighted by Crippen LogP contribution is 2.18. The molecule has 1 rings (SSSR count). The third-order valence-electron chi connectivity index (χ3n) is 2.65. The van der Waals surface area contributed by atoms with Gasteiger partial charge in [0, 0.05) is 5.56 Å². The molecule has 0 fully saturated rings. The van der Waals surface area contributed by atoms with Crippen molar-refractivity contribution in [1.82, 2.24) is 0 Å². The molecule has 4 nitrogen and oxygen atoms in total. The van der Waals surface area contributed by atoms with Gasteiger partial charge in [-0.3, -0.25) is 9.59 Å². The highest BCUT2D eigenvalue weighted by Gasteiger charge is 2.27. The van der Waals surface area contributed by atoms with Gasteiger partial charge in [0.2, 0.25) is 0 Å². The van der Waals surface area contributed by atoms with Gasteiger partial charge in [-0.1, -0.05) is 19.1 Å². The maximum atomic E-state index is 12.2. The van der Waals surface area contributed by atoms with E-state index in [1.165, 1.54) is 7.11 Å². The van der Waals surface area contributed by atoms with Crippen LogP contribution >= 0.6 is 0 Å². The van der Waals surface area contributed by atoms with E-state index in [1.54, 1.807) is 38.1 Å². The van der Waals surface area contributed by atoms with Gasteiger partial charge in [0.15, 0.2) is 5.78 Å². The molecule has 0 heterocycles. The Labute approximate surface area is 107 Å². The van der Waals surface area contributed by atoms with Crippen molar-refractivity contribution in [2.75, 3.05) is 13.7 Å². The summed E-state index contributed by atoms with van der Waals surface area (Å²) in [6.07, 6.45) is 0.425. The molecule has 0 bridgehead atoms. The Hall–Kier alpha value is -1.84. The average Bonchev–Trinajstić information content (AvgIpc) is 2.40. The summed E-state index contributed by atoms with van der Waals surface area (Å²) in [6.45, 7) is 3.79. The molecule has 0 aliphatic rings. The minimum atomic E-state index is -0.739. The molecule has 0 saturated heterocycles. The molecule has 0 unspecified atom stereocenters. The molecule has 0 aliphatic carbocycles. The van der Waals surface area contributed by atoms with E-state index in [1.807, 2.05) is 0 Å². The zero-order chi connectivity index (χ0) is 13.5. The first-order valence-corrected chi connectivity index (χ1v) is 5.98. The van der Waals surface area contributed by atoms with Crippen LogP contribution in [0.25, 0.3) is 0 Å². The number of esters is 1. The molecule has 0 amide bonds. The zero-order valence-electron chi connectivity index (χ0n) is 10.9. The van der Waals surface area contributed by atoms with Crippen molar-refractivity contribution < 1.29 is 19.1 Å². The van der Waals surface area contributed by atoms with Gasteiger partial charge in [0.1, 0.15) is 11.7 Å².